The van der Waals surface area contributed by atoms with Gasteiger partial charge in [0.1, 0.15) is 19.0 Å². The number of hydrogen-bond donors (Lipinski definition) is 2. The van der Waals surface area contributed by atoms with Crippen molar-refractivity contribution in [2.45, 2.75) is 37.6 Å². The molecule has 2 heterocycles. The van der Waals surface area contributed by atoms with Gasteiger partial charge in [0.15, 0.2) is 11.5 Å². The fourth-order valence-corrected chi connectivity index (χ4v) is 5.11. The van der Waals surface area contributed by atoms with Gasteiger partial charge in [0.2, 0.25) is 5.91 Å². The molecular formula is C26H30N2O4. The highest BCUT2D eigenvalue weighted by Gasteiger charge is 2.38. The summed E-state index contributed by atoms with van der Waals surface area (Å²) >= 11 is 0. The first kappa shape index (κ1) is 20.9. The Hall–Kier alpha value is -2.99. The molecule has 0 spiro atoms. The van der Waals surface area contributed by atoms with E-state index in [0.717, 1.165) is 67.8 Å². The maximum absolute atomic E-state index is 13.1. The molecule has 1 saturated carbocycles. The van der Waals surface area contributed by atoms with E-state index in [0.29, 0.717) is 19.8 Å². The fourth-order valence-electron chi connectivity index (χ4n) is 5.11. The van der Waals surface area contributed by atoms with Crippen molar-refractivity contribution in [3.05, 3.63) is 59.7 Å². The highest BCUT2D eigenvalue weighted by atomic mass is 16.6. The number of aromatic hydroxyl groups is 1. The highest BCUT2D eigenvalue weighted by molar-refractivity contribution is 5.79. The normalized spacial score (nSPS) is 19.9. The molecule has 32 heavy (non-hydrogen) atoms. The molecule has 0 bridgehead atoms. The van der Waals surface area contributed by atoms with Gasteiger partial charge in [-0.2, -0.15) is 0 Å². The molecule has 6 heteroatoms. The zero-order chi connectivity index (χ0) is 22.0. The molecule has 168 valence electrons. The molecule has 2 aromatic carbocycles. The Labute approximate surface area is 188 Å². The predicted octanol–water partition coefficient (Wildman–Crippen LogP) is 3.84. The molecule has 1 fully saturated rings. The Morgan fingerprint density at radius 3 is 2.50 bits per heavy atom. The Kier molecular flexibility index (Phi) is 5.79. The van der Waals surface area contributed by atoms with Crippen LogP contribution < -0.4 is 14.8 Å². The summed E-state index contributed by atoms with van der Waals surface area (Å²) in [4.78, 5) is 15.3. The molecule has 1 amide bonds. The zero-order valence-electron chi connectivity index (χ0n) is 18.3. The number of nitrogens with zero attached hydrogens (tertiary/aromatic N) is 1. The predicted molar refractivity (Wildman–Crippen MR) is 123 cm³/mol. The van der Waals surface area contributed by atoms with Gasteiger partial charge in [-0.25, -0.2) is 0 Å². The second kappa shape index (κ2) is 8.87. The first-order chi connectivity index (χ1) is 15.6. The van der Waals surface area contributed by atoms with E-state index in [4.69, 9.17) is 9.47 Å². The number of nitrogens with one attached hydrogen (secondary N) is 1. The van der Waals surface area contributed by atoms with Crippen LogP contribution in [0, 0.1) is 0 Å². The van der Waals surface area contributed by atoms with Gasteiger partial charge in [0, 0.05) is 13.1 Å². The molecule has 0 saturated heterocycles. The molecule has 2 N–H and O–H groups in total. The van der Waals surface area contributed by atoms with E-state index in [1.165, 1.54) is 5.57 Å². The summed E-state index contributed by atoms with van der Waals surface area (Å²) in [5.74, 6) is 1.91. The number of benzene rings is 2. The Bertz CT molecular complexity index is 1010. The number of fused-ring (bicyclic) bond motifs is 1. The van der Waals surface area contributed by atoms with Crippen LogP contribution in [0.4, 0.5) is 0 Å². The van der Waals surface area contributed by atoms with Crippen molar-refractivity contribution in [2.75, 3.05) is 32.8 Å². The lowest BCUT2D eigenvalue weighted by Crippen LogP contribution is -2.48. The SMILES string of the molecule is O=C(CN1CC=C(c2ccc(O)cc2)CC1)NC1(c2ccc3c(c2)OCCO3)CCCC1. The van der Waals surface area contributed by atoms with Crippen LogP contribution in [0.15, 0.2) is 48.5 Å². The molecular weight excluding hydrogens is 404 g/mol. The summed E-state index contributed by atoms with van der Waals surface area (Å²) in [7, 11) is 0. The Morgan fingerprint density at radius 1 is 1.03 bits per heavy atom. The van der Waals surface area contributed by atoms with Gasteiger partial charge in [-0.1, -0.05) is 37.1 Å². The van der Waals surface area contributed by atoms with Crippen LogP contribution in [0.1, 0.15) is 43.2 Å². The van der Waals surface area contributed by atoms with E-state index in [-0.39, 0.29) is 17.2 Å². The van der Waals surface area contributed by atoms with E-state index in [9.17, 15) is 9.90 Å². The molecule has 0 aromatic heterocycles. The number of hydrogen-bond acceptors (Lipinski definition) is 5. The average Bonchev–Trinajstić information content (AvgIpc) is 3.29. The van der Waals surface area contributed by atoms with Gasteiger partial charge in [-0.3, -0.25) is 9.69 Å². The van der Waals surface area contributed by atoms with Crippen molar-refractivity contribution in [1.82, 2.24) is 10.2 Å². The van der Waals surface area contributed by atoms with Gasteiger partial charge in [0.25, 0.3) is 0 Å². The van der Waals surface area contributed by atoms with Gasteiger partial charge >= 0.3 is 0 Å². The number of rotatable bonds is 5. The van der Waals surface area contributed by atoms with Crippen LogP contribution in [0.2, 0.25) is 0 Å². The third kappa shape index (κ3) is 4.32. The number of carbonyl (C=O) groups excluding carboxylic acids is 1. The Morgan fingerprint density at radius 2 is 1.78 bits per heavy atom. The standard InChI is InChI=1S/C26H30N2O4/c29-22-6-3-19(4-7-22)20-9-13-28(14-10-20)18-25(30)27-26(11-1-2-12-26)21-5-8-23-24(17-21)32-16-15-31-23/h3-9,17,29H,1-2,10-16,18H2,(H,27,30). The van der Waals surface area contributed by atoms with Crippen molar-refractivity contribution in [1.29, 1.82) is 0 Å². The highest BCUT2D eigenvalue weighted by Crippen LogP contribution is 2.42. The summed E-state index contributed by atoms with van der Waals surface area (Å²) in [5, 5.41) is 12.9. The molecule has 6 nitrogen and oxygen atoms in total. The lowest BCUT2D eigenvalue weighted by molar-refractivity contribution is -0.124. The topological polar surface area (TPSA) is 71.0 Å². The van der Waals surface area contributed by atoms with Gasteiger partial charge in [-0.05, 0) is 60.2 Å². The summed E-state index contributed by atoms with van der Waals surface area (Å²) in [5.41, 5.74) is 3.19. The second-order valence-corrected chi connectivity index (χ2v) is 8.96. The van der Waals surface area contributed by atoms with E-state index < -0.39 is 0 Å². The first-order valence-electron chi connectivity index (χ1n) is 11.5. The minimum atomic E-state index is -0.324. The van der Waals surface area contributed by atoms with E-state index in [2.05, 4.69) is 22.4 Å². The van der Waals surface area contributed by atoms with Crippen LogP contribution in [-0.2, 0) is 10.3 Å². The molecule has 2 aliphatic heterocycles. The number of amides is 1. The second-order valence-electron chi connectivity index (χ2n) is 8.96. The Balaban J connectivity index is 1.24. The first-order valence-corrected chi connectivity index (χ1v) is 11.5. The number of ether oxygens (including phenoxy) is 2. The van der Waals surface area contributed by atoms with Crippen molar-refractivity contribution >= 4 is 11.5 Å². The van der Waals surface area contributed by atoms with Crippen LogP contribution in [0.3, 0.4) is 0 Å². The average molecular weight is 435 g/mol. The quantitative estimate of drug-likeness (QED) is 0.748. The molecule has 0 radical (unpaired) electrons. The number of phenols is 1. The van der Waals surface area contributed by atoms with Crippen LogP contribution in [0.5, 0.6) is 17.2 Å². The summed E-state index contributed by atoms with van der Waals surface area (Å²) in [6.07, 6.45) is 7.20. The summed E-state index contributed by atoms with van der Waals surface area (Å²) in [6, 6.07) is 13.4. The molecule has 2 aromatic rings. The molecule has 5 rings (SSSR count). The van der Waals surface area contributed by atoms with Crippen molar-refractivity contribution in [2.24, 2.45) is 0 Å². The molecule has 3 aliphatic rings. The van der Waals surface area contributed by atoms with Crippen LogP contribution >= 0.6 is 0 Å². The fraction of sp³-hybridized carbons (Fsp3) is 0.423. The number of carbonyl (C=O) groups is 1. The minimum Gasteiger partial charge on any atom is -0.508 e. The molecule has 0 unspecified atom stereocenters. The third-order valence-corrected chi connectivity index (χ3v) is 6.83. The monoisotopic (exact) mass is 434 g/mol. The minimum absolute atomic E-state index is 0.0725. The smallest absolute Gasteiger partial charge is 0.234 e. The zero-order valence-corrected chi connectivity index (χ0v) is 18.3. The summed E-state index contributed by atoms with van der Waals surface area (Å²) < 4.78 is 11.4. The van der Waals surface area contributed by atoms with Gasteiger partial charge in [-0.15, -0.1) is 0 Å². The molecule has 0 atom stereocenters. The number of phenolic OH excluding ortho intramolecular Hbond substituents is 1. The maximum Gasteiger partial charge on any atom is 0.234 e. The van der Waals surface area contributed by atoms with Gasteiger partial charge in [0.05, 0.1) is 12.1 Å². The van der Waals surface area contributed by atoms with E-state index in [1.807, 2.05) is 24.3 Å². The summed E-state index contributed by atoms with van der Waals surface area (Å²) in [6.45, 7) is 3.13. The largest absolute Gasteiger partial charge is 0.508 e. The third-order valence-electron chi connectivity index (χ3n) is 6.83. The van der Waals surface area contributed by atoms with Crippen molar-refractivity contribution in [3.63, 3.8) is 0 Å². The van der Waals surface area contributed by atoms with Crippen LogP contribution in [0.25, 0.3) is 5.57 Å². The van der Waals surface area contributed by atoms with Gasteiger partial charge < -0.3 is 19.9 Å². The lowest BCUT2D eigenvalue weighted by atomic mass is 9.87. The van der Waals surface area contributed by atoms with Crippen molar-refractivity contribution in [3.8, 4) is 17.2 Å². The van der Waals surface area contributed by atoms with E-state index >= 15 is 0 Å². The van der Waals surface area contributed by atoms with Crippen molar-refractivity contribution < 1.29 is 19.4 Å². The van der Waals surface area contributed by atoms with E-state index in [1.54, 1.807) is 12.1 Å². The molecule has 1 aliphatic carbocycles. The maximum atomic E-state index is 13.1. The lowest BCUT2D eigenvalue weighted by Gasteiger charge is -2.34. The van der Waals surface area contributed by atoms with Crippen LogP contribution in [-0.4, -0.2) is 48.8 Å².